The van der Waals surface area contributed by atoms with Crippen molar-refractivity contribution in [3.63, 3.8) is 0 Å². The Balaban J connectivity index is 2.11. The molecule has 0 spiro atoms. The first-order chi connectivity index (χ1) is 10.8. The monoisotopic (exact) mass is 312 g/mol. The zero-order valence-electron chi connectivity index (χ0n) is 13.5. The first kappa shape index (κ1) is 15.5. The summed E-state index contributed by atoms with van der Waals surface area (Å²) in [7, 11) is 1.53. The van der Waals surface area contributed by atoms with E-state index in [1.165, 1.54) is 25.8 Å². The van der Waals surface area contributed by atoms with E-state index >= 15 is 0 Å². The molecule has 3 rings (SSSR count). The van der Waals surface area contributed by atoms with Crippen LogP contribution in [0.3, 0.4) is 0 Å². The molecule has 0 bridgehead atoms. The molecule has 5 heteroatoms. The largest absolute Gasteiger partial charge is 0.480 e. The Hall–Kier alpha value is -2.43. The summed E-state index contributed by atoms with van der Waals surface area (Å²) >= 11 is 0. The van der Waals surface area contributed by atoms with Gasteiger partial charge in [0.1, 0.15) is 5.54 Å². The van der Waals surface area contributed by atoms with E-state index in [0.717, 1.165) is 29.4 Å². The quantitative estimate of drug-likeness (QED) is 0.942. The van der Waals surface area contributed by atoms with Gasteiger partial charge in [-0.15, -0.1) is 0 Å². The fourth-order valence-electron chi connectivity index (χ4n) is 2.54. The number of amides is 1. The molecule has 0 unspecified atom stereocenters. The third kappa shape index (κ3) is 2.67. The SMILES string of the molecule is CN(C(=O)c1cc(C2CC2)nc2ccccc12)C(C)(C)C(=O)O. The van der Waals surface area contributed by atoms with Crippen LogP contribution >= 0.6 is 0 Å². The van der Waals surface area contributed by atoms with E-state index in [1.807, 2.05) is 30.3 Å². The van der Waals surface area contributed by atoms with Crippen molar-refractivity contribution in [3.8, 4) is 0 Å². The second-order valence-electron chi connectivity index (χ2n) is 6.61. The minimum atomic E-state index is -1.28. The maximum absolute atomic E-state index is 12.9. The minimum absolute atomic E-state index is 0.294. The maximum Gasteiger partial charge on any atom is 0.329 e. The van der Waals surface area contributed by atoms with Gasteiger partial charge in [0, 0.05) is 24.0 Å². The average Bonchev–Trinajstić information content (AvgIpc) is 3.37. The van der Waals surface area contributed by atoms with Crippen molar-refractivity contribution in [1.82, 2.24) is 9.88 Å². The number of carbonyl (C=O) groups is 2. The number of aromatic nitrogens is 1. The van der Waals surface area contributed by atoms with E-state index in [4.69, 9.17) is 0 Å². The van der Waals surface area contributed by atoms with Gasteiger partial charge in [-0.05, 0) is 38.8 Å². The normalized spacial score (nSPS) is 14.7. The zero-order valence-corrected chi connectivity index (χ0v) is 13.5. The second kappa shape index (κ2) is 5.33. The molecular weight excluding hydrogens is 292 g/mol. The summed E-state index contributed by atoms with van der Waals surface area (Å²) < 4.78 is 0. The Morgan fingerprint density at radius 2 is 1.91 bits per heavy atom. The molecule has 0 saturated heterocycles. The molecule has 1 fully saturated rings. The molecule has 2 aromatic rings. The molecule has 0 atom stereocenters. The molecule has 1 aromatic heterocycles. The number of para-hydroxylation sites is 1. The van der Waals surface area contributed by atoms with E-state index in [-0.39, 0.29) is 5.91 Å². The summed E-state index contributed by atoms with van der Waals surface area (Å²) in [5.74, 6) is -0.907. The number of fused-ring (bicyclic) bond motifs is 1. The molecule has 1 aliphatic carbocycles. The molecule has 1 aliphatic rings. The lowest BCUT2D eigenvalue weighted by molar-refractivity contribution is -0.147. The lowest BCUT2D eigenvalue weighted by atomic mass is 10.00. The minimum Gasteiger partial charge on any atom is -0.480 e. The molecule has 0 aliphatic heterocycles. The van der Waals surface area contributed by atoms with E-state index in [2.05, 4.69) is 4.98 Å². The Morgan fingerprint density at radius 1 is 1.26 bits per heavy atom. The van der Waals surface area contributed by atoms with Crippen LogP contribution in [0.5, 0.6) is 0 Å². The number of carboxylic acid groups (broad SMARTS) is 1. The van der Waals surface area contributed by atoms with Gasteiger partial charge in [-0.25, -0.2) is 4.79 Å². The van der Waals surface area contributed by atoms with Crippen molar-refractivity contribution < 1.29 is 14.7 Å². The molecule has 5 nitrogen and oxygen atoms in total. The number of rotatable bonds is 4. The van der Waals surface area contributed by atoms with Crippen molar-refractivity contribution in [3.05, 3.63) is 41.6 Å². The van der Waals surface area contributed by atoms with Crippen LogP contribution in [0, 0.1) is 0 Å². The summed E-state index contributed by atoms with van der Waals surface area (Å²) in [6.07, 6.45) is 2.19. The Kier molecular flexibility index (Phi) is 3.59. The predicted octanol–water partition coefficient (Wildman–Crippen LogP) is 3.05. The van der Waals surface area contributed by atoms with Gasteiger partial charge >= 0.3 is 5.97 Å². The van der Waals surface area contributed by atoms with Crippen molar-refractivity contribution in [2.24, 2.45) is 0 Å². The summed E-state index contributed by atoms with van der Waals surface area (Å²) in [6, 6.07) is 9.33. The number of carbonyl (C=O) groups excluding carboxylic acids is 1. The van der Waals surface area contributed by atoms with Crippen molar-refractivity contribution >= 4 is 22.8 Å². The first-order valence-electron chi connectivity index (χ1n) is 7.73. The smallest absolute Gasteiger partial charge is 0.329 e. The summed E-state index contributed by atoms with van der Waals surface area (Å²) in [5.41, 5.74) is 0.950. The van der Waals surface area contributed by atoms with E-state index in [1.54, 1.807) is 0 Å². The summed E-state index contributed by atoms with van der Waals surface area (Å²) in [6.45, 7) is 3.05. The predicted molar refractivity (Wildman–Crippen MR) is 87.5 cm³/mol. The molecule has 120 valence electrons. The van der Waals surface area contributed by atoms with Gasteiger partial charge in [0.25, 0.3) is 5.91 Å². The molecule has 1 heterocycles. The van der Waals surface area contributed by atoms with Crippen LogP contribution in [-0.4, -0.2) is 39.5 Å². The van der Waals surface area contributed by atoms with Gasteiger partial charge in [0.05, 0.1) is 11.1 Å². The molecular formula is C18H20N2O3. The van der Waals surface area contributed by atoms with Gasteiger partial charge in [-0.2, -0.15) is 0 Å². The number of hydrogen-bond acceptors (Lipinski definition) is 3. The molecule has 1 aromatic carbocycles. The highest BCUT2D eigenvalue weighted by atomic mass is 16.4. The van der Waals surface area contributed by atoms with Crippen molar-refractivity contribution in [2.45, 2.75) is 38.1 Å². The van der Waals surface area contributed by atoms with Crippen LogP contribution in [0.25, 0.3) is 10.9 Å². The number of benzene rings is 1. The van der Waals surface area contributed by atoms with Crippen LogP contribution < -0.4 is 0 Å². The third-order valence-electron chi connectivity index (χ3n) is 4.63. The van der Waals surface area contributed by atoms with Gasteiger partial charge in [-0.3, -0.25) is 9.78 Å². The van der Waals surface area contributed by atoms with E-state index < -0.39 is 11.5 Å². The van der Waals surface area contributed by atoms with Crippen LogP contribution in [0.2, 0.25) is 0 Å². The fraction of sp³-hybridized carbons (Fsp3) is 0.389. The van der Waals surface area contributed by atoms with Gasteiger partial charge in [0.15, 0.2) is 0 Å². The Bertz CT molecular complexity index is 794. The highest BCUT2D eigenvalue weighted by Crippen LogP contribution is 2.40. The zero-order chi connectivity index (χ0) is 16.8. The second-order valence-corrected chi connectivity index (χ2v) is 6.61. The van der Waals surface area contributed by atoms with Crippen LogP contribution in [0.15, 0.2) is 30.3 Å². The number of hydrogen-bond donors (Lipinski definition) is 1. The standard InChI is InChI=1S/C18H20N2O3/c1-18(2,17(22)23)20(3)16(21)13-10-15(11-8-9-11)19-14-7-5-4-6-12(13)14/h4-7,10-11H,8-9H2,1-3H3,(H,22,23). The number of nitrogens with zero attached hydrogens (tertiary/aromatic N) is 2. The first-order valence-corrected chi connectivity index (χ1v) is 7.73. The van der Waals surface area contributed by atoms with E-state index in [0.29, 0.717) is 11.5 Å². The van der Waals surface area contributed by atoms with Crippen molar-refractivity contribution in [2.75, 3.05) is 7.05 Å². The van der Waals surface area contributed by atoms with Crippen LogP contribution in [0.4, 0.5) is 0 Å². The molecule has 1 saturated carbocycles. The fourth-order valence-corrected chi connectivity index (χ4v) is 2.54. The highest BCUT2D eigenvalue weighted by molar-refractivity contribution is 6.07. The third-order valence-corrected chi connectivity index (χ3v) is 4.63. The molecule has 0 radical (unpaired) electrons. The molecule has 23 heavy (non-hydrogen) atoms. The molecule has 1 N–H and O–H groups in total. The van der Waals surface area contributed by atoms with Gasteiger partial charge < -0.3 is 10.0 Å². The highest BCUT2D eigenvalue weighted by Gasteiger charge is 2.36. The van der Waals surface area contributed by atoms with Gasteiger partial charge in [0.2, 0.25) is 0 Å². The van der Waals surface area contributed by atoms with Gasteiger partial charge in [-0.1, -0.05) is 18.2 Å². The average molecular weight is 312 g/mol. The Morgan fingerprint density at radius 3 is 2.52 bits per heavy atom. The number of aliphatic carboxylic acids is 1. The topological polar surface area (TPSA) is 70.5 Å². The van der Waals surface area contributed by atoms with E-state index in [9.17, 15) is 14.7 Å². The maximum atomic E-state index is 12.9. The summed E-state index contributed by atoms with van der Waals surface area (Å²) in [4.78, 5) is 30.3. The number of carboxylic acids is 1. The molecule has 1 amide bonds. The van der Waals surface area contributed by atoms with Crippen molar-refractivity contribution in [1.29, 1.82) is 0 Å². The van der Waals surface area contributed by atoms with Crippen LogP contribution in [-0.2, 0) is 4.79 Å². The number of pyridine rings is 1. The lowest BCUT2D eigenvalue weighted by Crippen LogP contribution is -2.50. The Labute approximate surface area is 134 Å². The van der Waals surface area contributed by atoms with Crippen LogP contribution in [0.1, 0.15) is 48.7 Å². The number of likely N-dealkylation sites (N-methyl/N-ethyl adjacent to an activating group) is 1. The lowest BCUT2D eigenvalue weighted by Gasteiger charge is -2.32. The summed E-state index contributed by atoms with van der Waals surface area (Å²) in [5, 5.41) is 10.1.